The minimum atomic E-state index is -0.171. The van der Waals surface area contributed by atoms with Crippen molar-refractivity contribution in [1.29, 1.82) is 0 Å². The number of benzene rings is 2. The smallest absolute Gasteiger partial charge is 0.243 e. The van der Waals surface area contributed by atoms with Gasteiger partial charge in [-0.05, 0) is 48.9 Å². The van der Waals surface area contributed by atoms with E-state index in [2.05, 4.69) is 16.0 Å². The van der Waals surface area contributed by atoms with Crippen molar-refractivity contribution in [3.63, 3.8) is 0 Å². The second-order valence-corrected chi connectivity index (χ2v) is 6.15. The van der Waals surface area contributed by atoms with Crippen molar-refractivity contribution in [3.8, 4) is 5.75 Å². The zero-order chi connectivity index (χ0) is 20.4. The third-order valence-corrected chi connectivity index (χ3v) is 4.06. The molecule has 0 atom stereocenters. The first-order chi connectivity index (χ1) is 13.5. The number of carbonyl (C=O) groups excluding carboxylic acids is 2. The summed E-state index contributed by atoms with van der Waals surface area (Å²) in [6.45, 7) is 4.80. The van der Waals surface area contributed by atoms with Crippen LogP contribution in [-0.4, -0.2) is 38.7 Å². The number of amides is 2. The predicted molar refractivity (Wildman–Crippen MR) is 111 cm³/mol. The third-order valence-electron chi connectivity index (χ3n) is 4.06. The lowest BCUT2D eigenvalue weighted by Crippen LogP contribution is -2.22. The molecule has 0 aliphatic rings. The molecule has 7 nitrogen and oxygen atoms in total. The molecule has 0 aliphatic carbocycles. The molecule has 0 aliphatic heterocycles. The van der Waals surface area contributed by atoms with E-state index in [-0.39, 0.29) is 18.4 Å². The molecule has 2 aromatic rings. The van der Waals surface area contributed by atoms with E-state index in [1.165, 1.54) is 0 Å². The van der Waals surface area contributed by atoms with E-state index in [0.29, 0.717) is 25.3 Å². The minimum absolute atomic E-state index is 0.0485. The van der Waals surface area contributed by atoms with Crippen LogP contribution in [-0.2, 0) is 14.3 Å². The summed E-state index contributed by atoms with van der Waals surface area (Å²) in [5.41, 5.74) is 3.11. The molecule has 0 radical (unpaired) electrons. The van der Waals surface area contributed by atoms with Gasteiger partial charge in [0, 0.05) is 30.6 Å². The van der Waals surface area contributed by atoms with Crippen LogP contribution in [0.5, 0.6) is 5.75 Å². The maximum Gasteiger partial charge on any atom is 0.243 e. The predicted octanol–water partition coefficient (Wildman–Crippen LogP) is 3.42. The van der Waals surface area contributed by atoms with Crippen molar-refractivity contribution in [2.24, 2.45) is 0 Å². The van der Waals surface area contributed by atoms with Crippen LogP contribution >= 0.6 is 0 Å². The Morgan fingerprint density at radius 1 is 0.929 bits per heavy atom. The molecule has 0 fully saturated rings. The molecular weight excluding hydrogens is 358 g/mol. The first kappa shape index (κ1) is 21.2. The summed E-state index contributed by atoms with van der Waals surface area (Å²) in [5, 5.41) is 8.79. The van der Waals surface area contributed by atoms with Crippen molar-refractivity contribution in [3.05, 3.63) is 48.0 Å². The van der Waals surface area contributed by atoms with Crippen molar-refractivity contribution in [2.75, 3.05) is 42.8 Å². The summed E-state index contributed by atoms with van der Waals surface area (Å²) < 4.78 is 10.4. The quantitative estimate of drug-likeness (QED) is 0.546. The van der Waals surface area contributed by atoms with E-state index in [0.717, 1.165) is 22.7 Å². The summed E-state index contributed by atoms with van der Waals surface area (Å²) in [7, 11) is 1.62. The highest BCUT2D eigenvalue weighted by Crippen LogP contribution is 2.23. The van der Waals surface area contributed by atoms with Crippen LogP contribution in [0, 0.1) is 6.92 Å². The molecular formula is C21H27N3O4. The van der Waals surface area contributed by atoms with Crippen LogP contribution in [0.4, 0.5) is 17.1 Å². The fourth-order valence-electron chi connectivity index (χ4n) is 2.46. The number of nitrogens with one attached hydrogen (secondary N) is 3. The lowest BCUT2D eigenvalue weighted by atomic mass is 10.1. The van der Waals surface area contributed by atoms with Gasteiger partial charge in [0.25, 0.3) is 0 Å². The van der Waals surface area contributed by atoms with Crippen molar-refractivity contribution >= 4 is 28.9 Å². The van der Waals surface area contributed by atoms with Gasteiger partial charge in [-0.2, -0.15) is 0 Å². The van der Waals surface area contributed by atoms with Crippen molar-refractivity contribution < 1.29 is 19.1 Å². The number of methoxy groups -OCH3 is 1. The Balaban J connectivity index is 1.87. The van der Waals surface area contributed by atoms with Gasteiger partial charge in [0.15, 0.2) is 0 Å². The molecule has 0 spiro atoms. The van der Waals surface area contributed by atoms with E-state index < -0.39 is 0 Å². The largest absolute Gasteiger partial charge is 0.491 e. The molecule has 0 aromatic heterocycles. The average molecular weight is 385 g/mol. The van der Waals surface area contributed by atoms with Gasteiger partial charge in [-0.15, -0.1) is 0 Å². The molecule has 2 amide bonds. The third kappa shape index (κ3) is 6.59. The Kier molecular flexibility index (Phi) is 8.30. The molecule has 28 heavy (non-hydrogen) atoms. The fraction of sp³-hybridized carbons (Fsp3) is 0.333. The van der Waals surface area contributed by atoms with Gasteiger partial charge < -0.3 is 25.4 Å². The highest BCUT2D eigenvalue weighted by Gasteiger charge is 2.08. The van der Waals surface area contributed by atoms with Crippen molar-refractivity contribution in [1.82, 2.24) is 0 Å². The zero-order valence-corrected chi connectivity index (χ0v) is 16.5. The van der Waals surface area contributed by atoms with Crippen LogP contribution in [0.25, 0.3) is 0 Å². The molecule has 0 saturated carbocycles. The van der Waals surface area contributed by atoms with E-state index in [9.17, 15) is 9.59 Å². The Hall–Kier alpha value is -3.06. The topological polar surface area (TPSA) is 88.7 Å². The van der Waals surface area contributed by atoms with Crippen LogP contribution < -0.4 is 20.7 Å². The normalized spacial score (nSPS) is 10.2. The second kappa shape index (κ2) is 10.9. The van der Waals surface area contributed by atoms with Crippen LogP contribution in [0.2, 0.25) is 0 Å². The Morgan fingerprint density at radius 3 is 2.32 bits per heavy atom. The number of carbonyl (C=O) groups is 2. The summed E-state index contributed by atoms with van der Waals surface area (Å²) in [5.74, 6) is 0.498. The lowest BCUT2D eigenvalue weighted by Gasteiger charge is -2.14. The number of hydrogen-bond acceptors (Lipinski definition) is 5. The molecule has 0 heterocycles. The van der Waals surface area contributed by atoms with Crippen LogP contribution in [0.3, 0.4) is 0 Å². The lowest BCUT2D eigenvalue weighted by molar-refractivity contribution is -0.116. The molecule has 0 saturated heterocycles. The van der Waals surface area contributed by atoms with Gasteiger partial charge in [0.05, 0.1) is 13.2 Å². The van der Waals surface area contributed by atoms with Gasteiger partial charge in [-0.1, -0.05) is 13.0 Å². The van der Waals surface area contributed by atoms with E-state index in [4.69, 9.17) is 9.47 Å². The van der Waals surface area contributed by atoms with Gasteiger partial charge in [0.2, 0.25) is 11.8 Å². The first-order valence-electron chi connectivity index (χ1n) is 9.18. The van der Waals surface area contributed by atoms with Crippen LogP contribution in [0.15, 0.2) is 42.5 Å². The maximum absolute atomic E-state index is 12.2. The van der Waals surface area contributed by atoms with Gasteiger partial charge in [-0.3, -0.25) is 9.59 Å². The highest BCUT2D eigenvalue weighted by atomic mass is 16.5. The number of ether oxygens (including phenoxy) is 2. The molecule has 0 unspecified atom stereocenters. The number of hydrogen-bond donors (Lipinski definition) is 3. The number of rotatable bonds is 10. The highest BCUT2D eigenvalue weighted by molar-refractivity contribution is 5.95. The molecule has 0 bridgehead atoms. The number of anilines is 3. The molecule has 7 heteroatoms. The standard InChI is InChI=1S/C21H27N3O4/c1-4-20(25)24-19-7-5-6-18(15(19)2)22-14-21(26)23-16-8-10-17(11-9-16)28-13-12-27-3/h5-11,22H,4,12-14H2,1-3H3,(H,23,26)(H,24,25). The van der Waals surface area contributed by atoms with Crippen molar-refractivity contribution in [2.45, 2.75) is 20.3 Å². The molecule has 3 N–H and O–H groups in total. The van der Waals surface area contributed by atoms with E-state index in [1.54, 1.807) is 38.3 Å². The summed E-state index contributed by atoms with van der Waals surface area (Å²) in [6, 6.07) is 12.7. The summed E-state index contributed by atoms with van der Waals surface area (Å²) in [6.07, 6.45) is 0.412. The Morgan fingerprint density at radius 2 is 1.64 bits per heavy atom. The van der Waals surface area contributed by atoms with E-state index in [1.807, 2.05) is 25.1 Å². The Bertz CT molecular complexity index is 791. The average Bonchev–Trinajstić information content (AvgIpc) is 2.70. The van der Waals surface area contributed by atoms with E-state index >= 15 is 0 Å². The summed E-state index contributed by atoms with van der Waals surface area (Å²) in [4.78, 5) is 23.8. The second-order valence-electron chi connectivity index (χ2n) is 6.15. The van der Waals surface area contributed by atoms with Gasteiger partial charge >= 0.3 is 0 Å². The van der Waals surface area contributed by atoms with Crippen LogP contribution in [0.1, 0.15) is 18.9 Å². The first-order valence-corrected chi connectivity index (χ1v) is 9.18. The fourth-order valence-corrected chi connectivity index (χ4v) is 2.46. The van der Waals surface area contributed by atoms with Gasteiger partial charge in [0.1, 0.15) is 12.4 Å². The zero-order valence-electron chi connectivity index (χ0n) is 16.5. The molecule has 2 aromatic carbocycles. The SMILES string of the molecule is CCC(=O)Nc1cccc(NCC(=O)Nc2ccc(OCCOC)cc2)c1C. The maximum atomic E-state index is 12.2. The molecule has 2 rings (SSSR count). The van der Waals surface area contributed by atoms with Gasteiger partial charge in [-0.25, -0.2) is 0 Å². The monoisotopic (exact) mass is 385 g/mol. The summed E-state index contributed by atoms with van der Waals surface area (Å²) >= 11 is 0. The molecule has 150 valence electrons. The minimum Gasteiger partial charge on any atom is -0.491 e. The Labute approximate surface area is 165 Å².